The average molecular weight is 303 g/mol. The summed E-state index contributed by atoms with van der Waals surface area (Å²) in [5.41, 5.74) is 2.46. The van der Waals surface area contributed by atoms with Crippen molar-refractivity contribution in [2.45, 2.75) is 0 Å². The molecule has 0 saturated carbocycles. The summed E-state index contributed by atoms with van der Waals surface area (Å²) < 4.78 is 0. The van der Waals surface area contributed by atoms with Gasteiger partial charge in [-0.15, -0.1) is 24.0 Å². The fourth-order valence-corrected chi connectivity index (χ4v) is 1.65. The van der Waals surface area contributed by atoms with Crippen molar-refractivity contribution in [1.82, 2.24) is 0 Å². The zero-order valence-corrected chi connectivity index (χ0v) is 10.2. The summed E-state index contributed by atoms with van der Waals surface area (Å²) in [6, 6.07) is 8.25. The number of β-amino-alcohol motifs (C(OH)–C–C–N with tert-alkyl or cyclic N) is 1. The molecule has 1 heterocycles. The molecule has 2 rings (SSSR count). The van der Waals surface area contributed by atoms with Gasteiger partial charge in [0.1, 0.15) is 0 Å². The Morgan fingerprint density at radius 1 is 1.29 bits per heavy atom. The van der Waals surface area contributed by atoms with Crippen LogP contribution in [0.1, 0.15) is 5.56 Å². The van der Waals surface area contributed by atoms with Crippen molar-refractivity contribution in [3.63, 3.8) is 0 Å². The Labute approximate surface area is 101 Å². The molecule has 3 heteroatoms. The lowest BCUT2D eigenvalue weighted by Gasteiger charge is -2.27. The Morgan fingerprint density at radius 3 is 2.86 bits per heavy atom. The van der Waals surface area contributed by atoms with Gasteiger partial charge in [0.05, 0.1) is 6.61 Å². The second kappa shape index (κ2) is 5.36. The normalized spacial score (nSPS) is 13.4. The molecule has 0 aliphatic carbocycles. The first-order valence-electron chi connectivity index (χ1n) is 4.53. The van der Waals surface area contributed by atoms with Gasteiger partial charge in [0, 0.05) is 18.8 Å². The van der Waals surface area contributed by atoms with Gasteiger partial charge < -0.3 is 10.0 Å². The van der Waals surface area contributed by atoms with Gasteiger partial charge in [0.25, 0.3) is 0 Å². The summed E-state index contributed by atoms with van der Waals surface area (Å²) >= 11 is 0. The van der Waals surface area contributed by atoms with Gasteiger partial charge in [-0.25, -0.2) is 0 Å². The molecule has 14 heavy (non-hydrogen) atoms. The molecular weight excluding hydrogens is 289 g/mol. The van der Waals surface area contributed by atoms with Crippen molar-refractivity contribution in [2.24, 2.45) is 0 Å². The standard InChI is InChI=1S/C11H13NO.HI/c13-9-8-12-7-3-5-10-4-1-2-6-11(10)12;/h1-6,13H,7-9H2;1H. The van der Waals surface area contributed by atoms with Crippen LogP contribution in [0.2, 0.25) is 0 Å². The lowest BCUT2D eigenvalue weighted by atomic mass is 10.1. The van der Waals surface area contributed by atoms with E-state index in [1.54, 1.807) is 0 Å². The van der Waals surface area contributed by atoms with Crippen LogP contribution in [0.5, 0.6) is 0 Å². The molecule has 0 atom stereocenters. The molecular formula is C11H14INO. The van der Waals surface area contributed by atoms with Gasteiger partial charge in [0.15, 0.2) is 0 Å². The second-order valence-corrected chi connectivity index (χ2v) is 3.13. The van der Waals surface area contributed by atoms with Crippen LogP contribution in [-0.4, -0.2) is 24.8 Å². The fourth-order valence-electron chi connectivity index (χ4n) is 1.65. The van der Waals surface area contributed by atoms with E-state index < -0.39 is 0 Å². The van der Waals surface area contributed by atoms with E-state index in [1.165, 1.54) is 11.3 Å². The number of rotatable bonds is 2. The van der Waals surface area contributed by atoms with Crippen molar-refractivity contribution in [3.8, 4) is 0 Å². The Morgan fingerprint density at radius 2 is 2.07 bits per heavy atom. The number of anilines is 1. The predicted molar refractivity (Wildman–Crippen MR) is 70.2 cm³/mol. The molecule has 0 bridgehead atoms. The molecule has 76 valence electrons. The van der Waals surface area contributed by atoms with E-state index in [0.717, 1.165) is 6.54 Å². The number of fused-ring (bicyclic) bond motifs is 1. The van der Waals surface area contributed by atoms with E-state index in [-0.39, 0.29) is 30.6 Å². The zero-order valence-electron chi connectivity index (χ0n) is 7.89. The van der Waals surface area contributed by atoms with Crippen molar-refractivity contribution >= 4 is 35.7 Å². The minimum atomic E-state index is 0. The zero-order chi connectivity index (χ0) is 9.10. The quantitative estimate of drug-likeness (QED) is 0.846. The Hall–Kier alpha value is -0.550. The summed E-state index contributed by atoms with van der Waals surface area (Å²) in [7, 11) is 0. The molecule has 0 aromatic heterocycles. The first kappa shape index (κ1) is 11.5. The van der Waals surface area contributed by atoms with Crippen LogP contribution < -0.4 is 4.90 Å². The molecule has 1 aromatic rings. The predicted octanol–water partition coefficient (Wildman–Crippen LogP) is 2.13. The van der Waals surface area contributed by atoms with Crippen LogP contribution in [-0.2, 0) is 0 Å². The highest BCUT2D eigenvalue weighted by Crippen LogP contribution is 2.24. The third kappa shape index (κ3) is 2.27. The number of aliphatic hydroxyl groups excluding tert-OH is 1. The van der Waals surface area contributed by atoms with Gasteiger partial charge in [-0.05, 0) is 11.6 Å². The van der Waals surface area contributed by atoms with Crippen LogP contribution in [0, 0.1) is 0 Å². The van der Waals surface area contributed by atoms with Gasteiger partial charge in [-0.3, -0.25) is 0 Å². The number of halogens is 1. The molecule has 1 N–H and O–H groups in total. The summed E-state index contributed by atoms with van der Waals surface area (Å²) in [4.78, 5) is 2.18. The first-order chi connectivity index (χ1) is 6.42. The molecule has 0 amide bonds. The second-order valence-electron chi connectivity index (χ2n) is 3.13. The monoisotopic (exact) mass is 303 g/mol. The highest BCUT2D eigenvalue weighted by atomic mass is 127. The SMILES string of the molecule is I.OCCN1CC=Cc2ccccc21. The van der Waals surface area contributed by atoms with Crippen LogP contribution in [0.25, 0.3) is 6.08 Å². The molecule has 1 aliphatic rings. The minimum absolute atomic E-state index is 0. The Balaban J connectivity index is 0.000000980. The van der Waals surface area contributed by atoms with E-state index >= 15 is 0 Å². The summed E-state index contributed by atoms with van der Waals surface area (Å²) in [6.07, 6.45) is 4.25. The van der Waals surface area contributed by atoms with Gasteiger partial charge in [0.2, 0.25) is 0 Å². The summed E-state index contributed by atoms with van der Waals surface area (Å²) in [5, 5.41) is 8.88. The van der Waals surface area contributed by atoms with E-state index in [0.29, 0.717) is 6.54 Å². The maximum atomic E-state index is 8.88. The average Bonchev–Trinajstić information content (AvgIpc) is 2.19. The van der Waals surface area contributed by atoms with E-state index in [9.17, 15) is 0 Å². The van der Waals surface area contributed by atoms with Gasteiger partial charge in [-0.1, -0.05) is 30.4 Å². The van der Waals surface area contributed by atoms with Crippen LogP contribution in [0.4, 0.5) is 5.69 Å². The summed E-state index contributed by atoms with van der Waals surface area (Å²) in [6.45, 7) is 1.82. The number of hydrogen-bond donors (Lipinski definition) is 1. The van der Waals surface area contributed by atoms with Crippen molar-refractivity contribution in [2.75, 3.05) is 24.6 Å². The van der Waals surface area contributed by atoms with Crippen LogP contribution in [0.15, 0.2) is 30.3 Å². The molecule has 0 unspecified atom stereocenters. The highest BCUT2D eigenvalue weighted by molar-refractivity contribution is 14.0. The number of hydrogen-bond acceptors (Lipinski definition) is 2. The highest BCUT2D eigenvalue weighted by Gasteiger charge is 2.10. The number of para-hydroxylation sites is 1. The molecule has 0 saturated heterocycles. The van der Waals surface area contributed by atoms with Gasteiger partial charge >= 0.3 is 0 Å². The van der Waals surface area contributed by atoms with E-state index in [1.807, 2.05) is 12.1 Å². The molecule has 0 fully saturated rings. The largest absolute Gasteiger partial charge is 0.395 e. The molecule has 0 spiro atoms. The topological polar surface area (TPSA) is 23.5 Å². The minimum Gasteiger partial charge on any atom is -0.395 e. The van der Waals surface area contributed by atoms with Crippen LogP contribution >= 0.6 is 24.0 Å². The Kier molecular flexibility index (Phi) is 4.41. The molecule has 1 aromatic carbocycles. The van der Waals surface area contributed by atoms with Crippen molar-refractivity contribution in [1.29, 1.82) is 0 Å². The number of benzene rings is 1. The number of nitrogens with zero attached hydrogens (tertiary/aromatic N) is 1. The Bertz CT molecular complexity index is 325. The van der Waals surface area contributed by atoms with E-state index in [2.05, 4.69) is 29.2 Å². The van der Waals surface area contributed by atoms with Crippen molar-refractivity contribution in [3.05, 3.63) is 35.9 Å². The molecule has 2 nitrogen and oxygen atoms in total. The van der Waals surface area contributed by atoms with Crippen LogP contribution in [0.3, 0.4) is 0 Å². The molecule has 1 aliphatic heterocycles. The smallest absolute Gasteiger partial charge is 0.0606 e. The lowest BCUT2D eigenvalue weighted by Crippen LogP contribution is -2.28. The first-order valence-corrected chi connectivity index (χ1v) is 4.53. The third-order valence-corrected chi connectivity index (χ3v) is 2.27. The lowest BCUT2D eigenvalue weighted by molar-refractivity contribution is 0.303. The third-order valence-electron chi connectivity index (χ3n) is 2.27. The maximum Gasteiger partial charge on any atom is 0.0606 e. The number of aliphatic hydroxyl groups is 1. The maximum absolute atomic E-state index is 8.88. The molecule has 0 radical (unpaired) electrons. The van der Waals surface area contributed by atoms with Crippen molar-refractivity contribution < 1.29 is 5.11 Å². The van der Waals surface area contributed by atoms with E-state index in [4.69, 9.17) is 5.11 Å². The fraction of sp³-hybridized carbons (Fsp3) is 0.273. The summed E-state index contributed by atoms with van der Waals surface area (Å²) in [5.74, 6) is 0. The van der Waals surface area contributed by atoms with Gasteiger partial charge in [-0.2, -0.15) is 0 Å².